The molecular weight excluding hydrogens is 290 g/mol. The molecule has 0 aliphatic carbocycles. The molecule has 0 unspecified atom stereocenters. The van der Waals surface area contributed by atoms with Crippen molar-refractivity contribution in [2.45, 2.75) is 13.3 Å². The van der Waals surface area contributed by atoms with Gasteiger partial charge in [-0.2, -0.15) is 0 Å². The van der Waals surface area contributed by atoms with Gasteiger partial charge in [0.2, 0.25) is 0 Å². The smallest absolute Gasteiger partial charge is 0.316 e. The van der Waals surface area contributed by atoms with Gasteiger partial charge in [0.15, 0.2) is 0 Å². The van der Waals surface area contributed by atoms with Gasteiger partial charge in [-0.15, -0.1) is 11.3 Å². The van der Waals surface area contributed by atoms with E-state index >= 15 is 0 Å². The molecule has 0 fully saturated rings. The van der Waals surface area contributed by atoms with Gasteiger partial charge in [-0.1, -0.05) is 0 Å². The highest BCUT2D eigenvalue weighted by molar-refractivity contribution is 9.10. The van der Waals surface area contributed by atoms with Crippen LogP contribution in [-0.4, -0.2) is 21.6 Å². The molecule has 0 saturated carbocycles. The monoisotopic (exact) mass is 299 g/mol. The quantitative estimate of drug-likeness (QED) is 0.871. The number of rotatable bonds is 4. The number of thiazole rings is 1. The van der Waals surface area contributed by atoms with E-state index in [1.807, 2.05) is 12.4 Å². The SMILES string of the molecule is Cc1ncsc1CCOc1ncc(Br)cn1. The molecule has 0 aliphatic heterocycles. The fourth-order valence-corrected chi connectivity index (χ4v) is 2.14. The van der Waals surface area contributed by atoms with E-state index in [1.54, 1.807) is 23.7 Å². The summed E-state index contributed by atoms with van der Waals surface area (Å²) in [5.41, 5.74) is 2.92. The van der Waals surface area contributed by atoms with Crippen LogP contribution < -0.4 is 4.74 Å². The van der Waals surface area contributed by atoms with Gasteiger partial charge < -0.3 is 4.74 Å². The van der Waals surface area contributed by atoms with Crippen LogP contribution in [0, 0.1) is 6.92 Å². The molecule has 0 N–H and O–H groups in total. The molecule has 2 rings (SSSR count). The molecule has 0 radical (unpaired) electrons. The van der Waals surface area contributed by atoms with Crippen molar-refractivity contribution in [3.05, 3.63) is 32.9 Å². The largest absolute Gasteiger partial charge is 0.463 e. The fourth-order valence-electron chi connectivity index (χ4n) is 1.18. The molecule has 0 spiro atoms. The zero-order chi connectivity index (χ0) is 11.4. The number of hydrogen-bond donors (Lipinski definition) is 0. The zero-order valence-electron chi connectivity index (χ0n) is 8.68. The first-order valence-corrected chi connectivity index (χ1v) is 6.42. The van der Waals surface area contributed by atoms with Crippen molar-refractivity contribution in [3.8, 4) is 6.01 Å². The highest BCUT2D eigenvalue weighted by Crippen LogP contribution is 2.13. The first-order valence-electron chi connectivity index (χ1n) is 4.75. The van der Waals surface area contributed by atoms with Gasteiger partial charge in [0.25, 0.3) is 0 Å². The Balaban J connectivity index is 1.84. The van der Waals surface area contributed by atoms with E-state index in [4.69, 9.17) is 4.74 Å². The van der Waals surface area contributed by atoms with Crippen LogP contribution in [0.5, 0.6) is 6.01 Å². The molecule has 0 amide bonds. The Labute approximate surface area is 106 Å². The Morgan fingerprint density at radius 3 is 2.69 bits per heavy atom. The van der Waals surface area contributed by atoms with Crippen LogP contribution in [0.15, 0.2) is 22.4 Å². The zero-order valence-corrected chi connectivity index (χ0v) is 11.1. The van der Waals surface area contributed by atoms with Gasteiger partial charge in [0.05, 0.1) is 22.3 Å². The van der Waals surface area contributed by atoms with E-state index in [-0.39, 0.29) is 0 Å². The molecule has 0 saturated heterocycles. The van der Waals surface area contributed by atoms with Crippen LogP contribution >= 0.6 is 27.3 Å². The Hall–Kier alpha value is -1.01. The first kappa shape index (κ1) is 11.5. The minimum absolute atomic E-state index is 0.408. The second-order valence-electron chi connectivity index (χ2n) is 3.14. The highest BCUT2D eigenvalue weighted by Gasteiger charge is 2.02. The van der Waals surface area contributed by atoms with Crippen molar-refractivity contribution in [2.75, 3.05) is 6.61 Å². The molecule has 2 aromatic rings. The number of hydrogen-bond acceptors (Lipinski definition) is 5. The molecule has 84 valence electrons. The third-order valence-electron chi connectivity index (χ3n) is 2.00. The van der Waals surface area contributed by atoms with Crippen molar-refractivity contribution in [1.29, 1.82) is 0 Å². The summed E-state index contributed by atoms with van der Waals surface area (Å²) in [4.78, 5) is 13.5. The van der Waals surface area contributed by atoms with Gasteiger partial charge in [-0.25, -0.2) is 15.0 Å². The summed E-state index contributed by atoms with van der Waals surface area (Å²) in [5.74, 6) is 0. The summed E-state index contributed by atoms with van der Waals surface area (Å²) >= 11 is 4.92. The topological polar surface area (TPSA) is 47.9 Å². The minimum atomic E-state index is 0.408. The fraction of sp³-hybridized carbons (Fsp3) is 0.300. The number of nitrogens with zero attached hydrogens (tertiary/aromatic N) is 3. The molecule has 6 heteroatoms. The third-order valence-corrected chi connectivity index (χ3v) is 3.41. The van der Waals surface area contributed by atoms with Crippen LogP contribution in [0.25, 0.3) is 0 Å². The Kier molecular flexibility index (Phi) is 3.84. The Bertz CT molecular complexity index is 457. The van der Waals surface area contributed by atoms with Crippen LogP contribution in [0.4, 0.5) is 0 Å². The molecule has 16 heavy (non-hydrogen) atoms. The van der Waals surface area contributed by atoms with Crippen molar-refractivity contribution in [3.63, 3.8) is 0 Å². The lowest BCUT2D eigenvalue weighted by molar-refractivity contribution is 0.296. The number of halogens is 1. The maximum absolute atomic E-state index is 5.43. The molecule has 4 nitrogen and oxygen atoms in total. The van der Waals surface area contributed by atoms with E-state index in [9.17, 15) is 0 Å². The van der Waals surface area contributed by atoms with E-state index in [0.29, 0.717) is 12.6 Å². The normalized spacial score (nSPS) is 10.4. The summed E-state index contributed by atoms with van der Waals surface area (Å²) in [6.45, 7) is 2.58. The van der Waals surface area contributed by atoms with E-state index < -0.39 is 0 Å². The van der Waals surface area contributed by atoms with Crippen molar-refractivity contribution >= 4 is 27.3 Å². The lowest BCUT2D eigenvalue weighted by Crippen LogP contribution is -2.03. The van der Waals surface area contributed by atoms with Crippen LogP contribution in [0.3, 0.4) is 0 Å². The molecule has 2 aromatic heterocycles. The van der Waals surface area contributed by atoms with Crippen molar-refractivity contribution < 1.29 is 4.74 Å². The molecule has 0 aromatic carbocycles. The standard InChI is InChI=1S/C10H10BrN3OS/c1-7-9(16-6-14-7)2-3-15-10-12-4-8(11)5-13-10/h4-6H,2-3H2,1H3. The number of aromatic nitrogens is 3. The van der Waals surface area contributed by atoms with Crippen molar-refractivity contribution in [1.82, 2.24) is 15.0 Å². The lowest BCUT2D eigenvalue weighted by atomic mass is 10.3. The van der Waals surface area contributed by atoms with Crippen LogP contribution in [-0.2, 0) is 6.42 Å². The summed E-state index contributed by atoms with van der Waals surface area (Å²) in [7, 11) is 0. The Morgan fingerprint density at radius 1 is 1.31 bits per heavy atom. The van der Waals surface area contributed by atoms with E-state index in [1.165, 1.54) is 4.88 Å². The maximum Gasteiger partial charge on any atom is 0.316 e. The predicted octanol–water partition coefficient (Wildman–Crippen LogP) is 2.63. The molecule has 0 bridgehead atoms. The average molecular weight is 300 g/mol. The van der Waals surface area contributed by atoms with Crippen LogP contribution in [0.2, 0.25) is 0 Å². The van der Waals surface area contributed by atoms with E-state index in [2.05, 4.69) is 30.9 Å². The van der Waals surface area contributed by atoms with Gasteiger partial charge >= 0.3 is 6.01 Å². The van der Waals surface area contributed by atoms with Crippen LogP contribution in [0.1, 0.15) is 10.6 Å². The predicted molar refractivity (Wildman–Crippen MR) is 65.8 cm³/mol. The maximum atomic E-state index is 5.43. The lowest BCUT2D eigenvalue weighted by Gasteiger charge is -2.02. The second-order valence-corrected chi connectivity index (χ2v) is 5.00. The average Bonchev–Trinajstić information content (AvgIpc) is 2.68. The molecular formula is C10H10BrN3OS. The van der Waals surface area contributed by atoms with Gasteiger partial charge in [-0.3, -0.25) is 0 Å². The van der Waals surface area contributed by atoms with Gasteiger partial charge in [0, 0.05) is 23.7 Å². The summed E-state index contributed by atoms with van der Waals surface area (Å²) in [5, 5.41) is 0. The minimum Gasteiger partial charge on any atom is -0.463 e. The third kappa shape index (κ3) is 2.99. The summed E-state index contributed by atoms with van der Waals surface area (Å²) in [6, 6.07) is 0.408. The summed E-state index contributed by atoms with van der Waals surface area (Å²) in [6.07, 6.45) is 4.18. The number of ether oxygens (including phenoxy) is 1. The van der Waals surface area contributed by atoms with Gasteiger partial charge in [0.1, 0.15) is 0 Å². The second kappa shape index (κ2) is 5.36. The van der Waals surface area contributed by atoms with E-state index in [0.717, 1.165) is 16.6 Å². The highest BCUT2D eigenvalue weighted by atomic mass is 79.9. The molecule has 0 aliphatic rings. The van der Waals surface area contributed by atoms with Gasteiger partial charge in [-0.05, 0) is 22.9 Å². The molecule has 2 heterocycles. The summed E-state index contributed by atoms with van der Waals surface area (Å²) < 4.78 is 6.27. The first-order chi connectivity index (χ1) is 7.75. The number of aryl methyl sites for hydroxylation is 1. The van der Waals surface area contributed by atoms with Crippen molar-refractivity contribution in [2.24, 2.45) is 0 Å². The molecule has 0 atom stereocenters. The Morgan fingerprint density at radius 2 is 2.06 bits per heavy atom.